The van der Waals surface area contributed by atoms with Crippen LogP contribution < -0.4 is 0 Å². The normalized spacial score (nSPS) is 8.29. The topological polar surface area (TPSA) is 12.9 Å². The van der Waals surface area contributed by atoms with Gasteiger partial charge in [0.25, 0.3) is 0 Å². The van der Waals surface area contributed by atoms with E-state index in [1.807, 2.05) is 40.8 Å². The van der Waals surface area contributed by atoms with E-state index in [0.29, 0.717) is 5.92 Å². The van der Waals surface area contributed by atoms with Crippen LogP contribution in [-0.2, 0) is 0 Å². The molecule has 1 nitrogen and oxygen atoms in total. The fourth-order valence-corrected chi connectivity index (χ4v) is 0.821. The van der Waals surface area contributed by atoms with Crippen LogP contribution in [0.25, 0.3) is 0 Å². The van der Waals surface area contributed by atoms with Crippen molar-refractivity contribution in [3.63, 3.8) is 0 Å². The van der Waals surface area contributed by atoms with E-state index >= 15 is 0 Å². The molecule has 0 fully saturated rings. The molecule has 1 heterocycles. The first-order valence-corrected chi connectivity index (χ1v) is 5.62. The third kappa shape index (κ3) is 6.64. The summed E-state index contributed by atoms with van der Waals surface area (Å²) >= 11 is 0. The number of aromatic nitrogens is 1. The third-order valence-corrected chi connectivity index (χ3v) is 1.60. The van der Waals surface area contributed by atoms with Crippen LogP contribution in [0.5, 0.6) is 0 Å². The summed E-state index contributed by atoms with van der Waals surface area (Å²) < 4.78 is 0. The van der Waals surface area contributed by atoms with E-state index in [4.69, 9.17) is 0 Å². The summed E-state index contributed by atoms with van der Waals surface area (Å²) in [7, 11) is 0. The summed E-state index contributed by atoms with van der Waals surface area (Å²) in [4.78, 5) is 4.20. The van der Waals surface area contributed by atoms with E-state index in [9.17, 15) is 0 Å². The average molecular weight is 195 g/mol. The number of hydrogen-bond donors (Lipinski definition) is 0. The Morgan fingerprint density at radius 2 is 1.50 bits per heavy atom. The lowest BCUT2D eigenvalue weighted by Gasteiger charge is -2.02. The highest BCUT2D eigenvalue weighted by atomic mass is 14.7. The van der Waals surface area contributed by atoms with Crippen LogP contribution in [0.15, 0.2) is 18.3 Å². The van der Waals surface area contributed by atoms with E-state index in [2.05, 4.69) is 31.0 Å². The molecule has 1 rings (SSSR count). The largest absolute Gasteiger partial charge is 0.261 e. The van der Waals surface area contributed by atoms with Gasteiger partial charge in [0.2, 0.25) is 0 Å². The van der Waals surface area contributed by atoms with E-state index in [1.54, 1.807) is 0 Å². The van der Waals surface area contributed by atoms with Crippen LogP contribution in [0, 0.1) is 6.92 Å². The molecule has 1 aromatic heterocycles. The zero-order chi connectivity index (χ0) is 11.6. The Balaban J connectivity index is 0. The minimum atomic E-state index is 0.591. The van der Waals surface area contributed by atoms with Crippen LogP contribution in [0.1, 0.15) is 58.7 Å². The first-order chi connectivity index (χ1) is 6.70. The Kier molecular flexibility index (Phi) is 11.4. The maximum Gasteiger partial charge on any atom is 0.0372 e. The lowest BCUT2D eigenvalue weighted by atomic mass is 10.1. The lowest BCUT2D eigenvalue weighted by molar-refractivity contribution is 0.855. The number of pyridine rings is 1. The molecular weight excluding hydrogens is 170 g/mol. The molecule has 1 heteroatoms. The van der Waals surface area contributed by atoms with Crippen molar-refractivity contribution >= 4 is 0 Å². The van der Waals surface area contributed by atoms with Gasteiger partial charge in [-0.1, -0.05) is 47.6 Å². The van der Waals surface area contributed by atoms with Crippen LogP contribution in [0.3, 0.4) is 0 Å². The molecule has 0 unspecified atom stereocenters. The molecule has 1 aromatic rings. The number of rotatable bonds is 1. The highest BCUT2D eigenvalue weighted by Gasteiger charge is 1.96. The first-order valence-electron chi connectivity index (χ1n) is 5.62. The van der Waals surface area contributed by atoms with E-state index in [1.165, 1.54) is 5.56 Å². The zero-order valence-corrected chi connectivity index (χ0v) is 10.8. The van der Waals surface area contributed by atoms with Crippen molar-refractivity contribution in [3.05, 3.63) is 29.6 Å². The Labute approximate surface area is 89.6 Å². The summed E-state index contributed by atoms with van der Waals surface area (Å²) in [5, 5.41) is 0. The van der Waals surface area contributed by atoms with Gasteiger partial charge in [-0.15, -0.1) is 0 Å². The van der Waals surface area contributed by atoms with Crippen molar-refractivity contribution in [2.75, 3.05) is 0 Å². The highest BCUT2D eigenvalue weighted by molar-refractivity contribution is 5.15. The van der Waals surface area contributed by atoms with Gasteiger partial charge in [-0.25, -0.2) is 0 Å². The molecule has 0 amide bonds. The van der Waals surface area contributed by atoms with Crippen molar-refractivity contribution in [2.24, 2.45) is 0 Å². The van der Waals surface area contributed by atoms with Crippen molar-refractivity contribution in [1.82, 2.24) is 4.98 Å². The summed E-state index contributed by atoms with van der Waals surface area (Å²) in [6.07, 6.45) is 1.94. The first kappa shape index (κ1) is 15.6. The summed E-state index contributed by atoms with van der Waals surface area (Å²) in [6.45, 7) is 14.4. The SMILES string of the molecule is CC.CC.Cc1ccc(C(C)C)cn1. The van der Waals surface area contributed by atoms with E-state index in [0.717, 1.165) is 5.69 Å². The molecule has 0 saturated carbocycles. The summed E-state index contributed by atoms with van der Waals surface area (Å²) in [5.74, 6) is 0.591. The molecule has 0 spiro atoms. The van der Waals surface area contributed by atoms with Crippen LogP contribution in [0.4, 0.5) is 0 Å². The van der Waals surface area contributed by atoms with Crippen LogP contribution in [0.2, 0.25) is 0 Å². The van der Waals surface area contributed by atoms with Crippen molar-refractivity contribution in [3.8, 4) is 0 Å². The van der Waals surface area contributed by atoms with Crippen LogP contribution >= 0.6 is 0 Å². The van der Waals surface area contributed by atoms with Crippen molar-refractivity contribution in [2.45, 2.75) is 54.4 Å². The second-order valence-corrected chi connectivity index (χ2v) is 2.89. The molecule has 0 aromatic carbocycles. The van der Waals surface area contributed by atoms with Gasteiger partial charge in [0.1, 0.15) is 0 Å². The van der Waals surface area contributed by atoms with Gasteiger partial charge in [0.15, 0.2) is 0 Å². The second kappa shape index (κ2) is 10.2. The van der Waals surface area contributed by atoms with Crippen molar-refractivity contribution < 1.29 is 0 Å². The summed E-state index contributed by atoms with van der Waals surface area (Å²) in [5.41, 5.74) is 2.40. The molecular formula is C13H25N. The number of aryl methyl sites for hydroxylation is 1. The molecule has 0 atom stereocenters. The molecule has 0 aliphatic carbocycles. The average Bonchev–Trinajstić information content (AvgIpc) is 2.24. The molecule has 0 N–H and O–H groups in total. The Morgan fingerprint density at radius 3 is 1.79 bits per heavy atom. The predicted molar refractivity (Wildman–Crippen MR) is 65.8 cm³/mol. The van der Waals surface area contributed by atoms with E-state index in [-0.39, 0.29) is 0 Å². The monoisotopic (exact) mass is 195 g/mol. The minimum Gasteiger partial charge on any atom is -0.261 e. The fraction of sp³-hybridized carbons (Fsp3) is 0.615. The van der Waals surface area contributed by atoms with Gasteiger partial charge in [-0.3, -0.25) is 4.98 Å². The maximum atomic E-state index is 4.20. The molecule has 0 aliphatic rings. The summed E-state index contributed by atoms with van der Waals surface area (Å²) in [6, 6.07) is 4.18. The highest BCUT2D eigenvalue weighted by Crippen LogP contribution is 2.11. The quantitative estimate of drug-likeness (QED) is 0.640. The molecule has 0 radical (unpaired) electrons. The van der Waals surface area contributed by atoms with Crippen molar-refractivity contribution in [1.29, 1.82) is 0 Å². The minimum absolute atomic E-state index is 0.591. The molecule has 0 bridgehead atoms. The lowest BCUT2D eigenvalue weighted by Crippen LogP contribution is -1.88. The molecule has 0 aliphatic heterocycles. The number of nitrogens with zero attached hydrogens (tertiary/aromatic N) is 1. The third-order valence-electron chi connectivity index (χ3n) is 1.60. The number of hydrogen-bond acceptors (Lipinski definition) is 1. The van der Waals surface area contributed by atoms with Gasteiger partial charge in [0.05, 0.1) is 0 Å². The maximum absolute atomic E-state index is 4.20. The Hall–Kier alpha value is -0.850. The zero-order valence-electron chi connectivity index (χ0n) is 10.8. The van der Waals surface area contributed by atoms with Gasteiger partial charge in [-0.05, 0) is 24.5 Å². The van der Waals surface area contributed by atoms with Gasteiger partial charge < -0.3 is 0 Å². The standard InChI is InChI=1S/C9H13N.2C2H6/c1-7(2)9-5-4-8(3)10-6-9;2*1-2/h4-7H,1-3H3;2*1-2H3. The predicted octanol–water partition coefficient (Wildman–Crippen LogP) is 4.57. The Morgan fingerprint density at radius 1 is 1.00 bits per heavy atom. The van der Waals surface area contributed by atoms with Gasteiger partial charge in [0, 0.05) is 11.9 Å². The Bertz CT molecular complexity index is 199. The second-order valence-electron chi connectivity index (χ2n) is 2.89. The fourth-order valence-electron chi connectivity index (χ4n) is 0.821. The smallest absolute Gasteiger partial charge is 0.0372 e. The molecule has 0 saturated heterocycles. The van der Waals surface area contributed by atoms with E-state index < -0.39 is 0 Å². The van der Waals surface area contributed by atoms with Crippen LogP contribution in [-0.4, -0.2) is 4.98 Å². The van der Waals surface area contributed by atoms with Gasteiger partial charge >= 0.3 is 0 Å². The molecule has 14 heavy (non-hydrogen) atoms. The molecule has 82 valence electrons. The van der Waals surface area contributed by atoms with Gasteiger partial charge in [-0.2, -0.15) is 0 Å².